The van der Waals surface area contributed by atoms with E-state index in [9.17, 15) is 9.90 Å². The second-order valence-electron chi connectivity index (χ2n) is 7.54. The third-order valence-corrected chi connectivity index (χ3v) is 5.43. The van der Waals surface area contributed by atoms with Crippen molar-refractivity contribution in [2.75, 3.05) is 31.3 Å². The summed E-state index contributed by atoms with van der Waals surface area (Å²) in [5.74, 6) is -0.0232. The lowest BCUT2D eigenvalue weighted by molar-refractivity contribution is -0.153. The number of hydrogen-bond donors (Lipinski definition) is 3. The van der Waals surface area contributed by atoms with Crippen LogP contribution in [0.25, 0.3) is 11.2 Å². The van der Waals surface area contributed by atoms with Crippen molar-refractivity contribution in [1.29, 1.82) is 0 Å². The smallest absolute Gasteiger partial charge is 0.280 e. The number of imidazole rings is 1. The van der Waals surface area contributed by atoms with Crippen LogP contribution in [0.1, 0.15) is 18.1 Å². The lowest BCUT2D eigenvalue weighted by Gasteiger charge is -2.21. The number of aliphatic hydroxyl groups is 1. The fraction of sp³-hybridized carbons (Fsp3) is 0.421. The molecule has 2 saturated heterocycles. The summed E-state index contributed by atoms with van der Waals surface area (Å²) in [6.45, 7) is -0.240. The molecule has 4 N–H and O–H groups in total. The van der Waals surface area contributed by atoms with Crippen LogP contribution in [0.5, 0.6) is 0 Å². The molecule has 2 aromatic heterocycles. The monoisotopic (exact) mass is 414 g/mol. The molecule has 5 atom stereocenters. The first-order valence-corrected chi connectivity index (χ1v) is 9.53. The van der Waals surface area contributed by atoms with Gasteiger partial charge in [-0.2, -0.15) is 4.98 Å². The molecule has 2 aliphatic heterocycles. The van der Waals surface area contributed by atoms with Crippen molar-refractivity contribution in [1.82, 2.24) is 19.5 Å². The van der Waals surface area contributed by atoms with Gasteiger partial charge in [0.15, 0.2) is 23.7 Å². The van der Waals surface area contributed by atoms with E-state index in [4.69, 9.17) is 19.9 Å². The summed E-state index contributed by atoms with van der Waals surface area (Å²) in [6.07, 6.45) is -1.44. The van der Waals surface area contributed by atoms with E-state index in [1.807, 2.05) is 43.3 Å². The zero-order valence-corrected chi connectivity index (χ0v) is 16.4. The summed E-state index contributed by atoms with van der Waals surface area (Å²) in [5, 5.41) is 9.80. The Bertz CT molecular complexity index is 1130. The summed E-state index contributed by atoms with van der Waals surface area (Å²) in [5.41, 5.74) is 7.60. The number of rotatable bonds is 4. The number of H-pyrrole nitrogens is 1. The second-order valence-corrected chi connectivity index (χ2v) is 7.54. The number of nitrogens with two attached hydrogens (primary N) is 1. The number of fused-ring (bicyclic) bond motifs is 2. The molecule has 0 radical (unpaired) electrons. The minimum absolute atomic E-state index is 0.0232. The molecule has 2 aliphatic rings. The van der Waals surface area contributed by atoms with Crippen LogP contribution < -0.4 is 16.2 Å². The summed E-state index contributed by atoms with van der Waals surface area (Å²) in [7, 11) is 3.94. The van der Waals surface area contributed by atoms with Gasteiger partial charge in [-0.25, -0.2) is 4.98 Å². The highest BCUT2D eigenvalue weighted by Gasteiger charge is 2.53. The number of aromatic amines is 1. The third-order valence-electron chi connectivity index (χ3n) is 5.43. The van der Waals surface area contributed by atoms with Crippen LogP contribution in [0.3, 0.4) is 0 Å². The molecule has 5 rings (SSSR count). The number of anilines is 2. The standard InChI is InChI=1S/C19H22N6O5/c1-24(2)10-5-3-9(4-6-10)18-29-13-11(7-26)28-17(14(13)30-18)25-8-21-12-15(25)22-19(20)23-16(12)27/h3-6,8,11,13-14,17-18,26H,7H2,1-2H3,(H3,20,22,23,27). The first-order valence-electron chi connectivity index (χ1n) is 9.53. The maximum atomic E-state index is 12.1. The van der Waals surface area contributed by atoms with E-state index in [0.29, 0.717) is 0 Å². The fourth-order valence-corrected chi connectivity index (χ4v) is 3.92. The lowest BCUT2D eigenvalue weighted by Crippen LogP contribution is -2.30. The van der Waals surface area contributed by atoms with Gasteiger partial charge in [0.25, 0.3) is 5.56 Å². The highest BCUT2D eigenvalue weighted by molar-refractivity contribution is 5.70. The molecule has 11 heteroatoms. The van der Waals surface area contributed by atoms with Gasteiger partial charge in [-0.15, -0.1) is 0 Å². The molecule has 158 valence electrons. The number of nitrogens with one attached hydrogen (secondary N) is 1. The van der Waals surface area contributed by atoms with E-state index in [2.05, 4.69) is 15.0 Å². The number of ether oxygens (including phenoxy) is 3. The number of nitrogens with zero attached hydrogens (tertiary/aromatic N) is 4. The first kappa shape index (κ1) is 19.0. The topological polar surface area (TPSA) is 141 Å². The van der Waals surface area contributed by atoms with Gasteiger partial charge in [0, 0.05) is 25.3 Å². The van der Waals surface area contributed by atoms with Gasteiger partial charge in [-0.1, -0.05) is 12.1 Å². The van der Waals surface area contributed by atoms with Crippen molar-refractivity contribution in [3.8, 4) is 0 Å². The van der Waals surface area contributed by atoms with Crippen LogP contribution in [-0.2, 0) is 14.2 Å². The first-order chi connectivity index (χ1) is 14.5. The van der Waals surface area contributed by atoms with E-state index >= 15 is 0 Å². The number of nitrogen functional groups attached to an aromatic ring is 1. The quantitative estimate of drug-likeness (QED) is 0.543. The Hall–Kier alpha value is -2.99. The molecule has 5 unspecified atom stereocenters. The fourth-order valence-electron chi connectivity index (χ4n) is 3.92. The Balaban J connectivity index is 1.47. The molecule has 0 saturated carbocycles. The maximum Gasteiger partial charge on any atom is 0.280 e. The Kier molecular flexibility index (Phi) is 4.47. The lowest BCUT2D eigenvalue weighted by atomic mass is 10.1. The van der Waals surface area contributed by atoms with Crippen molar-refractivity contribution in [2.24, 2.45) is 0 Å². The summed E-state index contributed by atoms with van der Waals surface area (Å²) < 4.78 is 19.8. The average Bonchev–Trinajstić information content (AvgIpc) is 3.41. The molecule has 2 fully saturated rings. The van der Waals surface area contributed by atoms with Crippen LogP contribution in [0.15, 0.2) is 35.4 Å². The van der Waals surface area contributed by atoms with Crippen LogP contribution in [0.2, 0.25) is 0 Å². The predicted molar refractivity (Wildman–Crippen MR) is 107 cm³/mol. The molecule has 0 spiro atoms. The zero-order valence-electron chi connectivity index (χ0n) is 16.4. The highest BCUT2D eigenvalue weighted by atomic mass is 16.8. The molecule has 4 heterocycles. The van der Waals surface area contributed by atoms with Crippen molar-refractivity contribution in [3.05, 3.63) is 46.5 Å². The van der Waals surface area contributed by atoms with E-state index in [0.717, 1.165) is 11.3 Å². The van der Waals surface area contributed by atoms with Crippen LogP contribution >= 0.6 is 0 Å². The van der Waals surface area contributed by atoms with E-state index < -0.39 is 36.4 Å². The Morgan fingerprint density at radius 2 is 1.93 bits per heavy atom. The minimum Gasteiger partial charge on any atom is -0.394 e. The summed E-state index contributed by atoms with van der Waals surface area (Å²) in [6, 6.07) is 7.85. The second kappa shape index (κ2) is 7.06. The molecule has 0 aliphatic carbocycles. The predicted octanol–water partition coefficient (Wildman–Crippen LogP) is 0.140. The molecular formula is C19H22N6O5. The maximum absolute atomic E-state index is 12.1. The number of aromatic nitrogens is 4. The molecular weight excluding hydrogens is 392 g/mol. The number of hydrogen-bond acceptors (Lipinski definition) is 9. The van der Waals surface area contributed by atoms with Crippen LogP contribution in [0.4, 0.5) is 11.6 Å². The molecule has 11 nitrogen and oxygen atoms in total. The van der Waals surface area contributed by atoms with Gasteiger partial charge in [0.2, 0.25) is 5.95 Å². The van der Waals surface area contributed by atoms with Crippen molar-refractivity contribution in [2.45, 2.75) is 30.8 Å². The Morgan fingerprint density at radius 3 is 2.63 bits per heavy atom. The molecule has 3 aromatic rings. The molecule has 1 aromatic carbocycles. The number of benzene rings is 1. The summed E-state index contributed by atoms with van der Waals surface area (Å²) in [4.78, 5) is 24.8. The van der Waals surface area contributed by atoms with Gasteiger partial charge in [0.05, 0.1) is 12.9 Å². The van der Waals surface area contributed by atoms with Crippen molar-refractivity contribution in [3.63, 3.8) is 0 Å². The van der Waals surface area contributed by atoms with Gasteiger partial charge in [-0.05, 0) is 12.1 Å². The van der Waals surface area contributed by atoms with E-state index in [1.54, 1.807) is 4.57 Å². The highest BCUT2D eigenvalue weighted by Crippen LogP contribution is 2.44. The number of aliphatic hydroxyl groups excluding tert-OH is 1. The van der Waals surface area contributed by atoms with Gasteiger partial charge in [-0.3, -0.25) is 14.3 Å². The van der Waals surface area contributed by atoms with Gasteiger partial charge >= 0.3 is 0 Å². The minimum atomic E-state index is -0.683. The van der Waals surface area contributed by atoms with Crippen LogP contribution in [0, 0.1) is 0 Å². The Labute approximate surface area is 171 Å². The summed E-state index contributed by atoms with van der Waals surface area (Å²) >= 11 is 0. The van der Waals surface area contributed by atoms with Gasteiger partial charge in [0.1, 0.15) is 18.3 Å². The van der Waals surface area contributed by atoms with Gasteiger partial charge < -0.3 is 30.0 Å². The van der Waals surface area contributed by atoms with E-state index in [-0.39, 0.29) is 23.7 Å². The van der Waals surface area contributed by atoms with Crippen LogP contribution in [-0.4, -0.2) is 63.6 Å². The van der Waals surface area contributed by atoms with E-state index in [1.165, 1.54) is 6.33 Å². The van der Waals surface area contributed by atoms with Crippen molar-refractivity contribution >= 4 is 22.8 Å². The van der Waals surface area contributed by atoms with Crippen molar-refractivity contribution < 1.29 is 19.3 Å². The SMILES string of the molecule is CN(C)c1ccc(C2OC3C(CO)OC(n4cnc5c(=O)[nH]c(N)nc54)C3O2)cc1. The molecule has 0 amide bonds. The largest absolute Gasteiger partial charge is 0.394 e. The third kappa shape index (κ3) is 2.94. The molecule has 0 bridgehead atoms. The zero-order chi connectivity index (χ0) is 21.0. The molecule has 30 heavy (non-hydrogen) atoms. The average molecular weight is 414 g/mol. The Morgan fingerprint density at radius 1 is 1.20 bits per heavy atom. The normalized spacial score (nSPS) is 28.2.